The monoisotopic (exact) mass is 463 g/mol. The fourth-order valence-electron chi connectivity index (χ4n) is 3.44. The van der Waals surface area contributed by atoms with Gasteiger partial charge in [-0.1, -0.05) is 54.9 Å². The molecule has 0 saturated heterocycles. The predicted octanol–water partition coefficient (Wildman–Crippen LogP) is 6.04. The van der Waals surface area contributed by atoms with Gasteiger partial charge in [-0.05, 0) is 54.4 Å². The summed E-state index contributed by atoms with van der Waals surface area (Å²) in [4.78, 5) is 4.96. The first-order chi connectivity index (χ1) is 15.3. The van der Waals surface area contributed by atoms with Crippen LogP contribution >= 0.6 is 11.6 Å². The number of aromatic nitrogens is 2. The van der Waals surface area contributed by atoms with Crippen molar-refractivity contribution in [1.82, 2.24) is 9.55 Å². The second-order valence-electron chi connectivity index (χ2n) is 7.40. The number of hydrogen-bond donors (Lipinski definition) is 1. The number of hydrogen-bond acceptors (Lipinski definition) is 4. The first-order valence-electron chi connectivity index (χ1n) is 10.1. The van der Waals surface area contributed by atoms with Gasteiger partial charge in [0.15, 0.2) is 9.84 Å². The summed E-state index contributed by atoms with van der Waals surface area (Å²) >= 11 is 6.42. The van der Waals surface area contributed by atoms with Gasteiger partial charge in [0.05, 0.1) is 21.4 Å². The van der Waals surface area contributed by atoms with E-state index in [4.69, 9.17) is 17.0 Å². The van der Waals surface area contributed by atoms with E-state index in [0.717, 1.165) is 22.4 Å². The SMILES string of the molecule is CCS(=O)(=O)c1cccc(-c2ccc(-n3cc(C(C)=N)nc3-c3ccccc3Cl)cc2)c1. The third-order valence-corrected chi connectivity index (χ3v) is 7.32. The van der Waals surface area contributed by atoms with Gasteiger partial charge >= 0.3 is 0 Å². The molecule has 1 heterocycles. The number of halogens is 1. The highest BCUT2D eigenvalue weighted by Gasteiger charge is 2.16. The average molecular weight is 464 g/mol. The van der Waals surface area contributed by atoms with Crippen LogP contribution in [0.2, 0.25) is 5.02 Å². The van der Waals surface area contributed by atoms with E-state index in [0.29, 0.717) is 27.1 Å². The van der Waals surface area contributed by atoms with Crippen LogP contribution < -0.4 is 0 Å². The summed E-state index contributed by atoms with van der Waals surface area (Å²) in [5, 5.41) is 8.58. The molecule has 0 aliphatic rings. The summed E-state index contributed by atoms with van der Waals surface area (Å²) in [6.45, 7) is 3.34. The fraction of sp³-hybridized carbons (Fsp3) is 0.120. The third kappa shape index (κ3) is 4.24. The Morgan fingerprint density at radius 1 is 1.00 bits per heavy atom. The first kappa shape index (κ1) is 22.0. The lowest BCUT2D eigenvalue weighted by atomic mass is 10.1. The number of nitrogens with one attached hydrogen (secondary N) is 1. The number of rotatable bonds is 6. The molecule has 4 rings (SSSR count). The minimum atomic E-state index is -3.27. The predicted molar refractivity (Wildman–Crippen MR) is 130 cm³/mol. The van der Waals surface area contributed by atoms with Gasteiger partial charge in [0.2, 0.25) is 0 Å². The van der Waals surface area contributed by atoms with Gasteiger partial charge in [-0.3, -0.25) is 4.57 Å². The van der Waals surface area contributed by atoms with Crippen LogP contribution in [0.15, 0.2) is 83.9 Å². The molecule has 0 aliphatic heterocycles. The number of imidazole rings is 1. The van der Waals surface area contributed by atoms with Gasteiger partial charge in [0.1, 0.15) is 11.5 Å². The van der Waals surface area contributed by atoms with E-state index in [1.165, 1.54) is 0 Å². The zero-order valence-electron chi connectivity index (χ0n) is 17.7. The Balaban J connectivity index is 1.77. The average Bonchev–Trinajstić information content (AvgIpc) is 3.25. The zero-order chi connectivity index (χ0) is 22.9. The molecule has 4 aromatic rings. The zero-order valence-corrected chi connectivity index (χ0v) is 19.3. The summed E-state index contributed by atoms with van der Waals surface area (Å²) in [6, 6.07) is 22.2. The van der Waals surface area contributed by atoms with Crippen LogP contribution in [0.1, 0.15) is 19.5 Å². The molecule has 7 heteroatoms. The van der Waals surface area contributed by atoms with Gasteiger partial charge < -0.3 is 5.41 Å². The van der Waals surface area contributed by atoms with Crippen molar-refractivity contribution in [2.75, 3.05) is 5.75 Å². The maximum atomic E-state index is 12.2. The summed E-state index contributed by atoms with van der Waals surface area (Å²) < 4.78 is 26.4. The van der Waals surface area contributed by atoms with E-state index in [-0.39, 0.29) is 5.75 Å². The third-order valence-electron chi connectivity index (χ3n) is 5.26. The van der Waals surface area contributed by atoms with Crippen molar-refractivity contribution in [1.29, 1.82) is 5.41 Å². The molecule has 3 aromatic carbocycles. The van der Waals surface area contributed by atoms with Gasteiger partial charge in [0, 0.05) is 17.4 Å². The number of benzene rings is 3. The Hall–Kier alpha value is -3.22. The molecule has 0 amide bonds. The molecular weight excluding hydrogens is 442 g/mol. The van der Waals surface area contributed by atoms with Crippen LogP contribution in [-0.4, -0.2) is 29.4 Å². The van der Waals surface area contributed by atoms with Crippen LogP contribution in [0.5, 0.6) is 0 Å². The van der Waals surface area contributed by atoms with E-state index in [9.17, 15) is 8.42 Å². The Morgan fingerprint density at radius 3 is 2.38 bits per heavy atom. The lowest BCUT2D eigenvalue weighted by Crippen LogP contribution is -2.03. The van der Waals surface area contributed by atoms with Crippen LogP contribution in [0.3, 0.4) is 0 Å². The minimum Gasteiger partial charge on any atom is -0.303 e. The van der Waals surface area contributed by atoms with E-state index >= 15 is 0 Å². The second kappa shape index (κ2) is 8.73. The van der Waals surface area contributed by atoms with E-state index in [2.05, 4.69) is 4.98 Å². The highest BCUT2D eigenvalue weighted by atomic mass is 35.5. The molecule has 32 heavy (non-hydrogen) atoms. The van der Waals surface area contributed by atoms with Crippen LogP contribution in [0.25, 0.3) is 28.2 Å². The summed E-state index contributed by atoms with van der Waals surface area (Å²) in [5.41, 5.74) is 4.32. The summed E-state index contributed by atoms with van der Waals surface area (Å²) in [7, 11) is -3.27. The molecule has 0 radical (unpaired) electrons. The van der Waals surface area contributed by atoms with Crippen molar-refractivity contribution in [3.05, 3.63) is 89.7 Å². The molecule has 1 aromatic heterocycles. The van der Waals surface area contributed by atoms with Crippen LogP contribution in [0, 0.1) is 5.41 Å². The van der Waals surface area contributed by atoms with Crippen molar-refractivity contribution in [3.8, 4) is 28.2 Å². The molecule has 0 fully saturated rings. The van der Waals surface area contributed by atoms with Gasteiger partial charge in [-0.15, -0.1) is 0 Å². The molecule has 0 unspecified atom stereocenters. The van der Waals surface area contributed by atoms with Crippen LogP contribution in [-0.2, 0) is 9.84 Å². The molecule has 0 aliphatic carbocycles. The van der Waals surface area contributed by atoms with Gasteiger partial charge in [-0.2, -0.15) is 0 Å². The molecule has 0 atom stereocenters. The van der Waals surface area contributed by atoms with Crippen molar-refractivity contribution in [2.45, 2.75) is 18.7 Å². The van der Waals surface area contributed by atoms with Gasteiger partial charge in [-0.25, -0.2) is 13.4 Å². The molecular formula is C25H22ClN3O2S. The topological polar surface area (TPSA) is 75.8 Å². The normalized spacial score (nSPS) is 11.5. The molecule has 0 spiro atoms. The lowest BCUT2D eigenvalue weighted by molar-refractivity contribution is 0.597. The van der Waals surface area contributed by atoms with Crippen molar-refractivity contribution >= 4 is 27.1 Å². The van der Waals surface area contributed by atoms with Gasteiger partial charge in [0.25, 0.3) is 0 Å². The number of sulfone groups is 1. The van der Waals surface area contributed by atoms with E-state index in [1.807, 2.05) is 65.4 Å². The summed E-state index contributed by atoms with van der Waals surface area (Å²) in [5.74, 6) is 0.719. The van der Waals surface area contributed by atoms with E-state index in [1.54, 1.807) is 32.0 Å². The first-order valence-corrected chi connectivity index (χ1v) is 12.2. The Kier molecular flexibility index (Phi) is 6.00. The highest BCUT2D eigenvalue weighted by molar-refractivity contribution is 7.91. The fourth-order valence-corrected chi connectivity index (χ4v) is 4.59. The smallest absolute Gasteiger partial charge is 0.178 e. The second-order valence-corrected chi connectivity index (χ2v) is 10.1. The molecule has 1 N–H and O–H groups in total. The minimum absolute atomic E-state index is 0.0651. The standard InChI is InChI=1S/C25H22ClN3O2S/c1-3-32(30,31)21-8-6-7-19(15-21)18-11-13-20(14-12-18)29-16-24(17(2)27)28-25(29)22-9-4-5-10-23(22)26/h4-16,27H,3H2,1-2H3. The molecule has 162 valence electrons. The molecule has 0 bridgehead atoms. The molecule has 5 nitrogen and oxygen atoms in total. The maximum absolute atomic E-state index is 12.2. The van der Waals surface area contributed by atoms with Crippen molar-refractivity contribution in [3.63, 3.8) is 0 Å². The maximum Gasteiger partial charge on any atom is 0.178 e. The lowest BCUT2D eigenvalue weighted by Gasteiger charge is -2.11. The Morgan fingerprint density at radius 2 is 1.72 bits per heavy atom. The van der Waals surface area contributed by atoms with Crippen molar-refractivity contribution in [2.24, 2.45) is 0 Å². The largest absolute Gasteiger partial charge is 0.303 e. The summed E-state index contributed by atoms with van der Waals surface area (Å²) in [6.07, 6.45) is 1.82. The quantitative estimate of drug-likeness (QED) is 0.354. The van der Waals surface area contributed by atoms with Crippen LogP contribution in [0.4, 0.5) is 0 Å². The van der Waals surface area contributed by atoms with E-state index < -0.39 is 9.84 Å². The van der Waals surface area contributed by atoms with Crippen molar-refractivity contribution < 1.29 is 8.42 Å². The Labute approximate surface area is 192 Å². The highest BCUT2D eigenvalue weighted by Crippen LogP contribution is 2.30. The number of nitrogens with zero attached hydrogens (tertiary/aromatic N) is 2. The Bertz CT molecular complexity index is 1410. The molecule has 0 saturated carbocycles.